The number of rotatable bonds is 16. The highest BCUT2D eigenvalue weighted by Gasteiger charge is 2.32. The molecule has 3 aromatic carbocycles. The van der Waals surface area contributed by atoms with Gasteiger partial charge in [-0.05, 0) is 52.8 Å². The molecule has 262 valence electrons. The molecule has 1 aliphatic carbocycles. The molecule has 0 saturated heterocycles. The van der Waals surface area contributed by atoms with E-state index < -0.39 is 72.7 Å². The largest absolute Gasteiger partial charge is 0.481 e. The Labute approximate surface area is 285 Å². The number of carbonyl (C=O) groups excluding carboxylic acids is 4. The zero-order chi connectivity index (χ0) is 36.5. The first kappa shape index (κ1) is 36.6. The summed E-state index contributed by atoms with van der Waals surface area (Å²) in [4.78, 5) is 86.0. The number of aromatic carboxylic acids is 1. The lowest BCUT2D eigenvalue weighted by Gasteiger charge is -2.24. The summed E-state index contributed by atoms with van der Waals surface area (Å²) in [6.45, 7) is 1.21. The molecule has 4 amide bonds. The number of carbonyl (C=O) groups is 7. The minimum Gasteiger partial charge on any atom is -0.481 e. The van der Waals surface area contributed by atoms with E-state index in [0.717, 1.165) is 28.3 Å². The second-order valence-corrected chi connectivity index (χ2v) is 11.7. The predicted octanol–water partition coefficient (Wildman–Crippen LogP) is 1.80. The van der Waals surface area contributed by atoms with Crippen molar-refractivity contribution in [3.8, 4) is 11.1 Å². The number of alkyl carbamates (subject to hydrolysis) is 1. The Bertz CT molecular complexity index is 1780. The molecule has 0 radical (unpaired) electrons. The number of nitrogens with two attached hydrogens (primary N) is 1. The van der Waals surface area contributed by atoms with Gasteiger partial charge in [0.05, 0.1) is 12.0 Å². The summed E-state index contributed by atoms with van der Waals surface area (Å²) in [6.07, 6.45) is -2.85. The molecule has 50 heavy (non-hydrogen) atoms. The second-order valence-electron chi connectivity index (χ2n) is 11.7. The number of benzene rings is 3. The minimum atomic E-state index is -1.49. The lowest BCUT2D eigenvalue weighted by atomic mass is 9.97. The molecule has 0 spiro atoms. The first-order valence-electron chi connectivity index (χ1n) is 15.5. The Morgan fingerprint density at radius 2 is 1.38 bits per heavy atom. The number of ether oxygens (including phenoxy) is 1. The zero-order valence-corrected chi connectivity index (χ0v) is 26.9. The molecule has 0 aliphatic heterocycles. The van der Waals surface area contributed by atoms with E-state index in [1.165, 1.54) is 19.1 Å². The summed E-state index contributed by atoms with van der Waals surface area (Å²) < 4.78 is 5.52. The number of amides is 4. The van der Waals surface area contributed by atoms with Crippen molar-refractivity contribution in [1.29, 1.82) is 0 Å². The number of carboxylic acid groups (broad SMARTS) is 3. The van der Waals surface area contributed by atoms with E-state index in [4.69, 9.17) is 15.6 Å². The van der Waals surface area contributed by atoms with Crippen LogP contribution in [0.25, 0.3) is 11.1 Å². The number of carboxylic acids is 3. The van der Waals surface area contributed by atoms with Crippen molar-refractivity contribution in [3.05, 3.63) is 94.5 Å². The van der Waals surface area contributed by atoms with Crippen molar-refractivity contribution in [1.82, 2.24) is 16.0 Å². The number of hydrogen-bond acceptors (Lipinski definition) is 8. The molecule has 15 nitrogen and oxygen atoms in total. The number of hydrogen-bond donors (Lipinski definition) is 7. The molecule has 8 N–H and O–H groups in total. The van der Waals surface area contributed by atoms with Gasteiger partial charge in [-0.15, -0.1) is 0 Å². The Hall–Kier alpha value is -6.25. The van der Waals surface area contributed by atoms with Gasteiger partial charge in [-0.1, -0.05) is 60.7 Å². The standard InChI is InChI=1S/C35H36N4O11/c1-18(31(36)44)37-33(46)28(15-19-10-11-20(16-30(42)43)25(14-19)34(47)48)38-32(45)27(12-13-29(40)41)39-35(49)50-17-26-23-8-4-2-6-21(23)22-7-3-5-9-24(22)26/h2-11,14,18,26-28H,12-13,15-17H2,1H3,(H2,36,44)(H,37,46)(H,38,45)(H,39,49)(H,40,41)(H,42,43)(H,47,48)/t18-,27-,28-/m0/s1. The summed E-state index contributed by atoms with van der Waals surface area (Å²) in [5.41, 5.74) is 9.03. The van der Waals surface area contributed by atoms with Gasteiger partial charge in [0, 0.05) is 18.8 Å². The molecule has 1 aliphatic rings. The fraction of sp³-hybridized carbons (Fsp3) is 0.286. The van der Waals surface area contributed by atoms with E-state index >= 15 is 0 Å². The van der Waals surface area contributed by atoms with Crippen LogP contribution in [-0.4, -0.2) is 81.8 Å². The van der Waals surface area contributed by atoms with Crippen LogP contribution in [0.15, 0.2) is 66.7 Å². The summed E-state index contributed by atoms with van der Waals surface area (Å²) in [5.74, 6) is -6.98. The molecule has 15 heteroatoms. The van der Waals surface area contributed by atoms with Crippen LogP contribution in [0.4, 0.5) is 4.79 Å². The highest BCUT2D eigenvalue weighted by atomic mass is 16.5. The van der Waals surface area contributed by atoms with Gasteiger partial charge in [-0.3, -0.25) is 24.0 Å². The molecule has 0 saturated carbocycles. The van der Waals surface area contributed by atoms with Crippen molar-refractivity contribution in [2.75, 3.05) is 6.61 Å². The van der Waals surface area contributed by atoms with Gasteiger partial charge in [0.1, 0.15) is 24.7 Å². The highest BCUT2D eigenvalue weighted by molar-refractivity contribution is 5.94. The third kappa shape index (κ3) is 9.21. The number of primary amides is 1. The third-order valence-electron chi connectivity index (χ3n) is 8.20. The Kier molecular flexibility index (Phi) is 11.9. The van der Waals surface area contributed by atoms with Gasteiger partial charge < -0.3 is 41.7 Å². The minimum absolute atomic E-state index is 0.00200. The van der Waals surface area contributed by atoms with Crippen molar-refractivity contribution < 1.29 is 53.6 Å². The number of fused-ring (bicyclic) bond motifs is 3. The van der Waals surface area contributed by atoms with Gasteiger partial charge >= 0.3 is 24.0 Å². The number of nitrogens with one attached hydrogen (secondary N) is 3. The summed E-state index contributed by atoms with van der Waals surface area (Å²) in [6, 6.07) is 15.0. The second kappa shape index (κ2) is 16.2. The normalized spacial score (nSPS) is 13.5. The quantitative estimate of drug-likeness (QED) is 0.114. The van der Waals surface area contributed by atoms with Crippen LogP contribution in [0, 0.1) is 0 Å². The molecular weight excluding hydrogens is 652 g/mol. The predicted molar refractivity (Wildman–Crippen MR) is 176 cm³/mol. The van der Waals surface area contributed by atoms with Crippen LogP contribution in [0.3, 0.4) is 0 Å². The Morgan fingerprint density at radius 3 is 1.94 bits per heavy atom. The first-order valence-corrected chi connectivity index (χ1v) is 15.5. The summed E-state index contributed by atoms with van der Waals surface area (Å²) in [7, 11) is 0. The van der Waals surface area contributed by atoms with Crippen molar-refractivity contribution >= 4 is 41.7 Å². The smallest absolute Gasteiger partial charge is 0.407 e. The van der Waals surface area contributed by atoms with Crippen LogP contribution in [0.1, 0.15) is 58.3 Å². The topological polar surface area (TPSA) is 252 Å². The fourth-order valence-corrected chi connectivity index (χ4v) is 5.69. The average Bonchev–Trinajstić information content (AvgIpc) is 3.38. The van der Waals surface area contributed by atoms with E-state index in [0.29, 0.717) is 0 Å². The molecule has 4 rings (SSSR count). The maximum Gasteiger partial charge on any atom is 0.407 e. The lowest BCUT2D eigenvalue weighted by molar-refractivity contribution is -0.138. The maximum atomic E-state index is 13.5. The Morgan fingerprint density at radius 1 is 0.780 bits per heavy atom. The van der Waals surface area contributed by atoms with Crippen LogP contribution < -0.4 is 21.7 Å². The van der Waals surface area contributed by atoms with Crippen molar-refractivity contribution in [2.45, 2.75) is 56.7 Å². The summed E-state index contributed by atoms with van der Waals surface area (Å²) >= 11 is 0. The molecule has 0 aromatic heterocycles. The molecule has 0 heterocycles. The molecule has 0 bridgehead atoms. The molecule has 3 aromatic rings. The Balaban J connectivity index is 1.53. The first-order chi connectivity index (χ1) is 23.7. The van der Waals surface area contributed by atoms with E-state index in [2.05, 4.69) is 16.0 Å². The monoisotopic (exact) mass is 688 g/mol. The molecule has 0 unspecified atom stereocenters. The number of aliphatic carboxylic acids is 2. The van der Waals surface area contributed by atoms with Crippen molar-refractivity contribution in [2.24, 2.45) is 5.73 Å². The maximum absolute atomic E-state index is 13.5. The van der Waals surface area contributed by atoms with Crippen LogP contribution >= 0.6 is 0 Å². The van der Waals surface area contributed by atoms with Crippen LogP contribution in [0.2, 0.25) is 0 Å². The lowest BCUT2D eigenvalue weighted by Crippen LogP contribution is -2.56. The highest BCUT2D eigenvalue weighted by Crippen LogP contribution is 2.44. The van der Waals surface area contributed by atoms with E-state index in [1.54, 1.807) is 0 Å². The van der Waals surface area contributed by atoms with E-state index in [9.17, 15) is 43.8 Å². The van der Waals surface area contributed by atoms with Gasteiger partial charge in [-0.25, -0.2) is 9.59 Å². The fourth-order valence-electron chi connectivity index (χ4n) is 5.69. The molecule has 0 fully saturated rings. The average molecular weight is 689 g/mol. The van der Waals surface area contributed by atoms with Crippen molar-refractivity contribution in [3.63, 3.8) is 0 Å². The van der Waals surface area contributed by atoms with Gasteiger partial charge in [0.2, 0.25) is 17.7 Å². The van der Waals surface area contributed by atoms with Gasteiger partial charge in [0.25, 0.3) is 0 Å². The van der Waals surface area contributed by atoms with Crippen LogP contribution in [-0.2, 0) is 41.6 Å². The van der Waals surface area contributed by atoms with Crippen LogP contribution in [0.5, 0.6) is 0 Å². The van der Waals surface area contributed by atoms with E-state index in [-0.39, 0.29) is 42.1 Å². The molecule has 3 atom stereocenters. The SMILES string of the molecule is C[C@H](NC(=O)[C@H](Cc1ccc(CC(=O)O)c(C(=O)O)c1)NC(=O)[C@H](CCC(=O)O)NC(=O)OCC1c2ccccc2-c2ccccc21)C(N)=O. The van der Waals surface area contributed by atoms with Gasteiger partial charge in [-0.2, -0.15) is 0 Å². The zero-order valence-electron chi connectivity index (χ0n) is 26.9. The molecular formula is C35H36N4O11. The van der Waals surface area contributed by atoms with E-state index in [1.807, 2.05) is 48.5 Å². The summed E-state index contributed by atoms with van der Waals surface area (Å²) in [5, 5.41) is 35.3. The van der Waals surface area contributed by atoms with Gasteiger partial charge in [0.15, 0.2) is 0 Å². The third-order valence-corrected chi connectivity index (χ3v) is 8.20.